The van der Waals surface area contributed by atoms with Crippen LogP contribution in [0.2, 0.25) is 18.6 Å². The van der Waals surface area contributed by atoms with Gasteiger partial charge in [0, 0.05) is 35.8 Å². The van der Waals surface area contributed by atoms with Crippen LogP contribution in [-0.4, -0.2) is 55.4 Å². The van der Waals surface area contributed by atoms with Gasteiger partial charge < -0.3 is 28.5 Å². The Bertz CT molecular complexity index is 2290. The highest BCUT2D eigenvalue weighted by Crippen LogP contribution is 2.61. The molecule has 11 heteroatoms. The van der Waals surface area contributed by atoms with Crippen LogP contribution in [0.15, 0.2) is 127 Å². The van der Waals surface area contributed by atoms with Crippen LogP contribution in [0.4, 0.5) is 21.2 Å². The smallest absolute Gasteiger partial charge is 0.266 e. The average molecular weight is 770 g/mol. The fourth-order valence-corrected chi connectivity index (χ4v) is 11.4. The molecule has 56 heavy (non-hydrogen) atoms. The molecule has 5 aromatic carbocycles. The molecule has 0 unspecified atom stereocenters. The molecule has 1 fully saturated rings. The van der Waals surface area contributed by atoms with Crippen molar-refractivity contribution in [3.05, 3.63) is 150 Å². The summed E-state index contributed by atoms with van der Waals surface area (Å²) in [4.78, 5) is 48.7. The first-order valence-corrected chi connectivity index (χ1v) is 22.0. The van der Waals surface area contributed by atoms with Gasteiger partial charge in [-0.2, -0.15) is 0 Å². The molecule has 3 aliphatic rings. The van der Waals surface area contributed by atoms with Gasteiger partial charge in [-0.1, -0.05) is 91.9 Å². The first-order valence-electron chi connectivity index (χ1n) is 19.0. The van der Waals surface area contributed by atoms with Crippen molar-refractivity contribution in [2.24, 2.45) is 5.92 Å². The van der Waals surface area contributed by atoms with E-state index in [1.54, 1.807) is 52.1 Å². The molecular weight excluding hydrogens is 726 g/mol. The van der Waals surface area contributed by atoms with E-state index in [9.17, 15) is 14.7 Å². The quantitative estimate of drug-likeness (QED) is 0.113. The van der Waals surface area contributed by atoms with Gasteiger partial charge in [-0.3, -0.25) is 19.3 Å². The Morgan fingerprint density at radius 1 is 0.839 bits per heavy atom. The van der Waals surface area contributed by atoms with Gasteiger partial charge in [0.1, 0.15) is 5.75 Å². The number of hydrogen-bond donors (Lipinski definition) is 1. The van der Waals surface area contributed by atoms with Crippen LogP contribution in [0, 0.1) is 5.92 Å². The number of aliphatic hydroxyl groups is 1. The molecule has 0 bridgehead atoms. The second-order valence-corrected chi connectivity index (χ2v) is 19.1. The number of aliphatic hydroxyl groups excluding tert-OH is 1. The summed E-state index contributed by atoms with van der Waals surface area (Å²) in [6.45, 7) is 5.42. The summed E-state index contributed by atoms with van der Waals surface area (Å²) in [7, 11) is -3.63. The van der Waals surface area contributed by atoms with Gasteiger partial charge in [0.2, 0.25) is 14.3 Å². The van der Waals surface area contributed by atoms with Gasteiger partial charge in [0.25, 0.3) is 11.8 Å². The summed E-state index contributed by atoms with van der Waals surface area (Å²) in [5.74, 6) is -0.717. The molecule has 1 saturated heterocycles. The van der Waals surface area contributed by atoms with Crippen LogP contribution >= 0.6 is 0 Å². The molecule has 0 aliphatic carbocycles. The van der Waals surface area contributed by atoms with Crippen LogP contribution in [0.3, 0.4) is 0 Å². The van der Waals surface area contributed by atoms with E-state index in [1.165, 1.54) is 0 Å². The predicted octanol–water partition coefficient (Wildman–Crippen LogP) is 8.50. The molecule has 1 spiro atoms. The second-order valence-electron chi connectivity index (χ2n) is 15.3. The number of amides is 3. The van der Waals surface area contributed by atoms with Crippen molar-refractivity contribution in [1.29, 1.82) is 0 Å². The lowest BCUT2D eigenvalue weighted by molar-refractivity contribution is -0.150. The Labute approximate surface area is 327 Å². The van der Waals surface area contributed by atoms with Crippen molar-refractivity contribution in [2.45, 2.75) is 56.8 Å². The maximum atomic E-state index is 16.8. The van der Waals surface area contributed by atoms with Crippen molar-refractivity contribution < 1.29 is 33.1 Å². The van der Waals surface area contributed by atoms with Crippen molar-refractivity contribution >= 4 is 43.2 Å². The third-order valence-corrected chi connectivity index (χ3v) is 13.8. The molecule has 0 aromatic heterocycles. The number of carbonyl (C=O) groups is 3. The van der Waals surface area contributed by atoms with E-state index in [2.05, 4.69) is 0 Å². The number of fused-ring (bicyclic) bond motifs is 4. The van der Waals surface area contributed by atoms with Crippen molar-refractivity contribution in [2.75, 3.05) is 23.0 Å². The van der Waals surface area contributed by atoms with Crippen molar-refractivity contribution in [3.63, 3.8) is 0 Å². The van der Waals surface area contributed by atoms with Crippen LogP contribution in [0.5, 0.6) is 11.5 Å². The van der Waals surface area contributed by atoms with E-state index in [4.69, 9.17) is 9.47 Å². The van der Waals surface area contributed by atoms with E-state index in [1.807, 2.05) is 110 Å². The Morgan fingerprint density at radius 3 is 2.18 bits per heavy atom. The summed E-state index contributed by atoms with van der Waals surface area (Å²) in [5.41, 5.74) is 1.88. The number of halogens is 1. The second kappa shape index (κ2) is 14.8. The number of rotatable bonds is 10. The lowest BCUT2D eigenvalue weighted by Crippen LogP contribution is -2.45. The fourth-order valence-electron chi connectivity index (χ4n) is 8.88. The molecule has 1 N–H and O–H groups in total. The molecule has 3 amide bonds. The summed E-state index contributed by atoms with van der Waals surface area (Å²) in [6, 6.07) is 38.9. The molecule has 0 saturated carbocycles. The van der Waals surface area contributed by atoms with Gasteiger partial charge in [-0.05, 0) is 66.7 Å². The lowest BCUT2D eigenvalue weighted by Gasteiger charge is -2.31. The zero-order valence-corrected chi connectivity index (χ0v) is 32.6. The summed E-state index contributed by atoms with van der Waals surface area (Å²) >= 11 is 0. The highest BCUT2D eigenvalue weighted by molar-refractivity contribution is 6.72. The van der Waals surface area contributed by atoms with E-state index in [0.717, 1.165) is 11.1 Å². The van der Waals surface area contributed by atoms with Gasteiger partial charge in [0.05, 0.1) is 42.6 Å². The van der Waals surface area contributed by atoms with Crippen LogP contribution in [0.25, 0.3) is 0 Å². The van der Waals surface area contributed by atoms with Crippen LogP contribution < -0.4 is 14.5 Å². The molecule has 8 rings (SSSR count). The van der Waals surface area contributed by atoms with Crippen LogP contribution in [-0.2, 0) is 33.0 Å². The molecular formula is C45H44FN3O6Si. The molecule has 0 radical (unpaired) electrons. The number of para-hydroxylation sites is 3. The fraction of sp³-hybridized carbons (Fsp3) is 0.267. The Balaban J connectivity index is 1.24. The molecule has 5 aromatic rings. The highest BCUT2D eigenvalue weighted by atomic mass is 28.4. The number of carbonyl (C=O) groups excluding carboxylic acids is 3. The van der Waals surface area contributed by atoms with Crippen molar-refractivity contribution in [1.82, 2.24) is 4.90 Å². The third kappa shape index (κ3) is 6.49. The molecule has 4 atom stereocenters. The molecule has 9 nitrogen and oxygen atoms in total. The zero-order valence-electron chi connectivity index (χ0n) is 31.6. The monoisotopic (exact) mass is 769 g/mol. The first-order chi connectivity index (χ1) is 27.0. The minimum Gasteiger partial charge on any atom is -0.454 e. The minimum atomic E-state index is -3.63. The number of ether oxygens (including phenoxy) is 2. The predicted molar refractivity (Wildman–Crippen MR) is 215 cm³/mol. The van der Waals surface area contributed by atoms with Crippen LogP contribution in [0.1, 0.15) is 40.4 Å². The molecule has 3 aliphatic heterocycles. The zero-order chi connectivity index (χ0) is 39.2. The number of nitrogens with zero attached hydrogens (tertiary/aromatic N) is 3. The van der Waals surface area contributed by atoms with Gasteiger partial charge in [-0.25, -0.2) is 0 Å². The van der Waals surface area contributed by atoms with Gasteiger partial charge in [0.15, 0.2) is 11.4 Å². The van der Waals surface area contributed by atoms with Gasteiger partial charge >= 0.3 is 0 Å². The summed E-state index contributed by atoms with van der Waals surface area (Å²) in [6.07, 6.45) is -1.10. The summed E-state index contributed by atoms with van der Waals surface area (Å²) in [5, 5.41) is 9.93. The molecule has 286 valence electrons. The first kappa shape index (κ1) is 37.3. The topological polar surface area (TPSA) is 99.6 Å². The Hall–Kier alpha value is -5.62. The maximum absolute atomic E-state index is 16.8. The number of anilines is 3. The highest BCUT2D eigenvalue weighted by Gasteiger charge is 2.67. The maximum Gasteiger partial charge on any atom is 0.266 e. The van der Waals surface area contributed by atoms with E-state index in [-0.39, 0.29) is 50.4 Å². The third-order valence-electron chi connectivity index (χ3n) is 11.3. The number of hydrogen-bond acceptors (Lipinski definition) is 6. The summed E-state index contributed by atoms with van der Waals surface area (Å²) < 4.78 is 30.1. The normalized spacial score (nSPS) is 21.3. The SMILES string of the molecule is C[C@@H]1[C@@H]([Si](C)(C)F)[C@H](CC(=O)N(CCO)Cc2ccccc2)O[C@@]12C(=O)N(Cc1ccccc1)c1ccc(N3C(=O)c4ccccc4Oc4ccccc43)cc12. The minimum absolute atomic E-state index is 0.0937. The number of benzene rings is 5. The Kier molecular flexibility index (Phi) is 9.86. The molecule has 3 heterocycles. The van der Waals surface area contributed by atoms with Gasteiger partial charge in [-0.15, -0.1) is 0 Å². The van der Waals surface area contributed by atoms with E-state index in [0.29, 0.717) is 39.7 Å². The largest absolute Gasteiger partial charge is 0.454 e. The Morgan fingerprint density at radius 2 is 1.48 bits per heavy atom. The lowest BCUT2D eigenvalue weighted by atomic mass is 9.82. The standard InChI is InChI=1S/C45H44FN3O6Si/c1-30-42(56(2,3)46)40(27-41(51)47(24-25-50)28-31-14-6-4-7-15-31)55-45(30)35-26-33(22-23-36(35)48(44(45)53)29-32-16-8-5-9-17-32)49-37-19-11-13-21-39(37)54-38-20-12-10-18-34(38)43(49)52/h4-23,26,30,40,42,50H,24-25,27-29H2,1-3H3/t30-,40+,42-,45+/m1/s1. The van der Waals surface area contributed by atoms with E-state index < -0.39 is 31.6 Å². The average Bonchev–Trinajstić information content (AvgIpc) is 3.56. The van der Waals surface area contributed by atoms with Crippen molar-refractivity contribution in [3.8, 4) is 11.5 Å². The van der Waals surface area contributed by atoms with E-state index >= 15 is 8.90 Å².